The summed E-state index contributed by atoms with van der Waals surface area (Å²) in [5, 5.41) is 8.58. The predicted octanol–water partition coefficient (Wildman–Crippen LogP) is 2.21. The van der Waals surface area contributed by atoms with Gasteiger partial charge in [0.2, 0.25) is 0 Å². The van der Waals surface area contributed by atoms with Crippen LogP contribution in [0.1, 0.15) is 35.3 Å². The van der Waals surface area contributed by atoms with Gasteiger partial charge in [-0.2, -0.15) is 0 Å². The summed E-state index contributed by atoms with van der Waals surface area (Å²) in [6.45, 7) is 5.11. The molecule has 0 bridgehead atoms. The fraction of sp³-hybridized carbons (Fsp3) is 0.583. The molecule has 7 heteroatoms. The average molecular weight is 306 g/mol. The SMILES string of the molecule is CCc1cc(OCCS(=O)(=O)C(C)C)c(C(=O)O)s1. The predicted molar refractivity (Wildman–Crippen MR) is 75.1 cm³/mol. The number of aryl methyl sites for hydroxylation is 1. The Hall–Kier alpha value is -1.08. The molecule has 1 aromatic rings. The third kappa shape index (κ3) is 4.21. The molecule has 5 nitrogen and oxygen atoms in total. The van der Waals surface area contributed by atoms with Crippen molar-refractivity contribution < 1.29 is 23.1 Å². The second kappa shape index (κ2) is 6.38. The van der Waals surface area contributed by atoms with E-state index >= 15 is 0 Å². The molecule has 0 saturated heterocycles. The summed E-state index contributed by atoms with van der Waals surface area (Å²) in [6.07, 6.45) is 0.721. The Kier molecular flexibility index (Phi) is 5.37. The minimum atomic E-state index is -3.17. The quantitative estimate of drug-likeness (QED) is 0.835. The summed E-state index contributed by atoms with van der Waals surface area (Å²) in [5.41, 5.74) is 0. The Morgan fingerprint density at radius 2 is 2.11 bits per heavy atom. The van der Waals surface area contributed by atoms with Crippen LogP contribution in [-0.2, 0) is 16.3 Å². The molecule has 0 unspecified atom stereocenters. The van der Waals surface area contributed by atoms with Gasteiger partial charge >= 0.3 is 5.97 Å². The second-order valence-electron chi connectivity index (χ2n) is 4.33. The van der Waals surface area contributed by atoms with Gasteiger partial charge in [-0.25, -0.2) is 13.2 Å². The van der Waals surface area contributed by atoms with Crippen LogP contribution in [0.4, 0.5) is 0 Å². The Morgan fingerprint density at radius 3 is 2.58 bits per heavy atom. The first-order chi connectivity index (χ1) is 8.77. The Bertz CT molecular complexity index is 542. The molecule has 0 amide bonds. The summed E-state index contributed by atoms with van der Waals surface area (Å²) in [7, 11) is -3.17. The summed E-state index contributed by atoms with van der Waals surface area (Å²) in [4.78, 5) is 12.1. The maximum atomic E-state index is 11.6. The van der Waals surface area contributed by atoms with E-state index in [1.165, 1.54) is 0 Å². The van der Waals surface area contributed by atoms with Crippen LogP contribution in [0, 0.1) is 0 Å². The van der Waals surface area contributed by atoms with Gasteiger partial charge in [-0.3, -0.25) is 0 Å². The molecule has 0 fully saturated rings. The van der Waals surface area contributed by atoms with E-state index in [0.29, 0.717) is 0 Å². The fourth-order valence-corrected chi connectivity index (χ4v) is 3.02. The van der Waals surface area contributed by atoms with Crippen LogP contribution < -0.4 is 4.74 Å². The van der Waals surface area contributed by atoms with Crippen molar-refractivity contribution in [1.29, 1.82) is 0 Å². The van der Waals surface area contributed by atoms with Gasteiger partial charge in [0, 0.05) is 4.88 Å². The van der Waals surface area contributed by atoms with Crippen LogP contribution in [-0.4, -0.2) is 37.1 Å². The van der Waals surface area contributed by atoms with Gasteiger partial charge in [-0.1, -0.05) is 6.92 Å². The topological polar surface area (TPSA) is 80.7 Å². The second-order valence-corrected chi connectivity index (χ2v) is 8.14. The van der Waals surface area contributed by atoms with E-state index in [1.807, 2.05) is 6.92 Å². The van der Waals surface area contributed by atoms with Gasteiger partial charge in [-0.05, 0) is 26.3 Å². The zero-order chi connectivity index (χ0) is 14.6. The van der Waals surface area contributed by atoms with E-state index in [2.05, 4.69) is 0 Å². The van der Waals surface area contributed by atoms with Crippen molar-refractivity contribution >= 4 is 27.1 Å². The lowest BCUT2D eigenvalue weighted by Gasteiger charge is -2.08. The van der Waals surface area contributed by atoms with E-state index in [0.717, 1.165) is 22.6 Å². The van der Waals surface area contributed by atoms with E-state index in [-0.39, 0.29) is 23.0 Å². The maximum Gasteiger partial charge on any atom is 0.349 e. The normalized spacial score (nSPS) is 11.8. The maximum absolute atomic E-state index is 11.6. The molecule has 0 aliphatic rings. The van der Waals surface area contributed by atoms with Crippen molar-refractivity contribution in [2.75, 3.05) is 12.4 Å². The number of hydrogen-bond acceptors (Lipinski definition) is 5. The number of carbonyl (C=O) groups is 1. The van der Waals surface area contributed by atoms with E-state index in [9.17, 15) is 13.2 Å². The van der Waals surface area contributed by atoms with Crippen LogP contribution in [0.2, 0.25) is 0 Å². The number of thiophene rings is 1. The molecular weight excluding hydrogens is 288 g/mol. The average Bonchev–Trinajstić information content (AvgIpc) is 2.72. The molecule has 19 heavy (non-hydrogen) atoms. The third-order valence-corrected chi connectivity index (χ3v) is 6.06. The van der Waals surface area contributed by atoms with Gasteiger partial charge in [0.1, 0.15) is 12.4 Å². The molecule has 0 aromatic carbocycles. The zero-order valence-electron chi connectivity index (χ0n) is 11.2. The van der Waals surface area contributed by atoms with Crippen LogP contribution in [0.25, 0.3) is 0 Å². The van der Waals surface area contributed by atoms with E-state index in [1.54, 1.807) is 19.9 Å². The number of carboxylic acids is 1. The summed E-state index contributed by atoms with van der Waals surface area (Å²) in [6, 6.07) is 1.66. The zero-order valence-corrected chi connectivity index (χ0v) is 12.8. The summed E-state index contributed by atoms with van der Waals surface area (Å²) >= 11 is 1.16. The molecule has 0 saturated carbocycles. The lowest BCUT2D eigenvalue weighted by atomic mass is 10.3. The summed E-state index contributed by atoms with van der Waals surface area (Å²) < 4.78 is 28.5. The number of hydrogen-bond donors (Lipinski definition) is 1. The van der Waals surface area contributed by atoms with Crippen molar-refractivity contribution in [3.8, 4) is 5.75 Å². The van der Waals surface area contributed by atoms with Crippen molar-refractivity contribution in [1.82, 2.24) is 0 Å². The Balaban J connectivity index is 2.73. The molecule has 0 aliphatic carbocycles. The van der Waals surface area contributed by atoms with Crippen molar-refractivity contribution in [3.63, 3.8) is 0 Å². The molecule has 0 spiro atoms. The number of sulfone groups is 1. The number of aromatic carboxylic acids is 1. The van der Waals surface area contributed by atoms with Gasteiger partial charge in [0.05, 0.1) is 11.0 Å². The first kappa shape index (κ1) is 16.0. The first-order valence-electron chi connectivity index (χ1n) is 5.98. The van der Waals surface area contributed by atoms with Crippen LogP contribution >= 0.6 is 11.3 Å². The largest absolute Gasteiger partial charge is 0.491 e. The van der Waals surface area contributed by atoms with Crippen molar-refractivity contribution in [2.24, 2.45) is 0 Å². The highest BCUT2D eigenvalue weighted by molar-refractivity contribution is 7.91. The Morgan fingerprint density at radius 1 is 1.47 bits per heavy atom. The Labute approximate surface area is 117 Å². The van der Waals surface area contributed by atoms with Gasteiger partial charge < -0.3 is 9.84 Å². The molecule has 1 heterocycles. The molecule has 108 valence electrons. The van der Waals surface area contributed by atoms with Crippen LogP contribution in [0.3, 0.4) is 0 Å². The minimum absolute atomic E-state index is 0.0271. The highest BCUT2D eigenvalue weighted by Gasteiger charge is 2.19. The lowest BCUT2D eigenvalue weighted by Crippen LogP contribution is -2.22. The first-order valence-corrected chi connectivity index (χ1v) is 8.51. The number of rotatable bonds is 7. The highest BCUT2D eigenvalue weighted by atomic mass is 32.2. The highest BCUT2D eigenvalue weighted by Crippen LogP contribution is 2.29. The number of ether oxygens (including phenoxy) is 1. The minimum Gasteiger partial charge on any atom is -0.491 e. The third-order valence-electron chi connectivity index (χ3n) is 2.64. The monoisotopic (exact) mass is 306 g/mol. The molecule has 1 rings (SSSR count). The summed E-state index contributed by atoms with van der Waals surface area (Å²) in [5.74, 6) is -0.902. The molecule has 1 N–H and O–H groups in total. The van der Waals surface area contributed by atoms with Crippen LogP contribution in [0.5, 0.6) is 5.75 Å². The molecule has 0 atom stereocenters. The lowest BCUT2D eigenvalue weighted by molar-refractivity contribution is 0.0698. The van der Waals surface area contributed by atoms with E-state index < -0.39 is 21.1 Å². The van der Waals surface area contributed by atoms with Gasteiger partial charge in [0.15, 0.2) is 14.7 Å². The van der Waals surface area contributed by atoms with Gasteiger partial charge in [-0.15, -0.1) is 11.3 Å². The number of carboxylic acid groups (broad SMARTS) is 1. The fourth-order valence-electron chi connectivity index (χ4n) is 1.36. The van der Waals surface area contributed by atoms with Gasteiger partial charge in [0.25, 0.3) is 0 Å². The van der Waals surface area contributed by atoms with Crippen molar-refractivity contribution in [2.45, 2.75) is 32.4 Å². The molecule has 0 radical (unpaired) electrons. The van der Waals surface area contributed by atoms with Crippen molar-refractivity contribution in [3.05, 3.63) is 15.8 Å². The van der Waals surface area contributed by atoms with E-state index in [4.69, 9.17) is 9.84 Å². The van der Waals surface area contributed by atoms with Crippen LogP contribution in [0.15, 0.2) is 6.07 Å². The standard InChI is InChI=1S/C12H18O5S2/c1-4-9-7-10(11(18-9)12(13)14)17-5-6-19(15,16)8(2)3/h7-8H,4-6H2,1-3H3,(H,13,14). The molecular formula is C12H18O5S2. The molecule has 1 aromatic heterocycles. The smallest absolute Gasteiger partial charge is 0.349 e. The molecule has 0 aliphatic heterocycles.